The molecule has 4 heteroatoms. The number of hydrogen-bond acceptors (Lipinski definition) is 3. The van der Waals surface area contributed by atoms with Crippen LogP contribution in [0.4, 0.5) is 0 Å². The Bertz CT molecular complexity index is 821. The van der Waals surface area contributed by atoms with Crippen molar-refractivity contribution in [3.8, 4) is 11.5 Å². The third kappa shape index (κ3) is 3.33. The maximum absolute atomic E-state index is 5.91. The number of piperidine rings is 1. The van der Waals surface area contributed by atoms with Crippen LogP contribution >= 0.6 is 15.9 Å². The van der Waals surface area contributed by atoms with Crippen molar-refractivity contribution in [3.05, 3.63) is 52.5 Å². The molecule has 0 aliphatic carbocycles. The van der Waals surface area contributed by atoms with E-state index in [9.17, 15) is 0 Å². The molecule has 0 unspecified atom stereocenters. The Labute approximate surface area is 144 Å². The van der Waals surface area contributed by atoms with Gasteiger partial charge in [0, 0.05) is 16.6 Å². The van der Waals surface area contributed by atoms with E-state index in [-0.39, 0.29) is 0 Å². The highest BCUT2D eigenvalue weighted by Gasteiger charge is 2.13. The zero-order valence-electron chi connectivity index (χ0n) is 13.0. The van der Waals surface area contributed by atoms with Crippen molar-refractivity contribution in [3.63, 3.8) is 0 Å². The van der Waals surface area contributed by atoms with Gasteiger partial charge in [-0.3, -0.25) is 4.90 Å². The van der Waals surface area contributed by atoms with Gasteiger partial charge in [-0.05, 0) is 61.8 Å². The van der Waals surface area contributed by atoms with E-state index in [1.54, 1.807) is 0 Å². The number of oxazole rings is 1. The van der Waals surface area contributed by atoms with Gasteiger partial charge in [-0.1, -0.05) is 34.5 Å². The van der Waals surface area contributed by atoms with Gasteiger partial charge in [-0.15, -0.1) is 0 Å². The summed E-state index contributed by atoms with van der Waals surface area (Å²) in [7, 11) is 0. The van der Waals surface area contributed by atoms with Crippen LogP contribution in [0.1, 0.15) is 24.8 Å². The molecule has 2 aromatic carbocycles. The van der Waals surface area contributed by atoms with Gasteiger partial charge < -0.3 is 4.42 Å². The number of benzene rings is 2. The van der Waals surface area contributed by atoms with Crippen LogP contribution in [0.25, 0.3) is 22.6 Å². The first-order chi connectivity index (χ1) is 11.3. The first kappa shape index (κ1) is 14.9. The normalized spacial score (nSPS) is 16.0. The second kappa shape index (κ2) is 6.46. The summed E-state index contributed by atoms with van der Waals surface area (Å²) in [4.78, 5) is 7.20. The van der Waals surface area contributed by atoms with Crippen molar-refractivity contribution >= 4 is 27.0 Å². The summed E-state index contributed by atoms with van der Waals surface area (Å²) in [5.41, 5.74) is 4.10. The fraction of sp³-hybridized carbons (Fsp3) is 0.316. The van der Waals surface area contributed by atoms with Gasteiger partial charge in [0.05, 0.1) is 0 Å². The fourth-order valence-corrected chi connectivity index (χ4v) is 3.59. The summed E-state index contributed by atoms with van der Waals surface area (Å²) in [6.45, 7) is 3.43. The zero-order chi connectivity index (χ0) is 15.6. The molecule has 0 bridgehead atoms. The van der Waals surface area contributed by atoms with Crippen molar-refractivity contribution in [1.29, 1.82) is 0 Å². The largest absolute Gasteiger partial charge is 0.436 e. The van der Waals surface area contributed by atoms with E-state index < -0.39 is 0 Å². The summed E-state index contributed by atoms with van der Waals surface area (Å²) < 4.78 is 6.94. The van der Waals surface area contributed by atoms with Gasteiger partial charge >= 0.3 is 0 Å². The van der Waals surface area contributed by atoms with E-state index in [0.717, 1.165) is 27.7 Å². The molecule has 1 aromatic heterocycles. The second-order valence-corrected chi connectivity index (χ2v) is 7.08. The standard InChI is InChI=1S/C19H19BrN2O/c20-16-6-4-5-15(12-16)19-21-17-11-14(7-8-18(17)23-19)13-22-9-2-1-3-10-22/h4-8,11-12H,1-3,9-10,13H2. The van der Waals surface area contributed by atoms with Gasteiger partial charge in [0.1, 0.15) is 5.52 Å². The first-order valence-corrected chi connectivity index (χ1v) is 8.95. The summed E-state index contributed by atoms with van der Waals surface area (Å²) >= 11 is 3.50. The van der Waals surface area contributed by atoms with Gasteiger partial charge in [-0.2, -0.15) is 0 Å². The van der Waals surface area contributed by atoms with Crippen LogP contribution in [-0.4, -0.2) is 23.0 Å². The number of nitrogens with zero attached hydrogens (tertiary/aromatic N) is 2. The summed E-state index contributed by atoms with van der Waals surface area (Å²) in [6.07, 6.45) is 4.01. The van der Waals surface area contributed by atoms with Crippen molar-refractivity contribution in [2.45, 2.75) is 25.8 Å². The van der Waals surface area contributed by atoms with E-state index >= 15 is 0 Å². The van der Waals surface area contributed by atoms with Gasteiger partial charge in [0.25, 0.3) is 0 Å². The number of hydrogen-bond donors (Lipinski definition) is 0. The lowest BCUT2D eigenvalue weighted by atomic mass is 10.1. The minimum atomic E-state index is 0.677. The van der Waals surface area contributed by atoms with Crippen LogP contribution in [0, 0.1) is 0 Å². The average molecular weight is 371 g/mol. The van der Waals surface area contributed by atoms with E-state index in [1.165, 1.54) is 37.9 Å². The Morgan fingerprint density at radius 2 is 1.91 bits per heavy atom. The molecule has 0 spiro atoms. The summed E-state index contributed by atoms with van der Waals surface area (Å²) in [5.74, 6) is 0.677. The number of likely N-dealkylation sites (tertiary alicyclic amines) is 1. The number of halogens is 1. The van der Waals surface area contributed by atoms with Gasteiger partial charge in [0.15, 0.2) is 5.58 Å². The van der Waals surface area contributed by atoms with Crippen LogP contribution in [0.15, 0.2) is 51.4 Å². The molecule has 23 heavy (non-hydrogen) atoms. The Balaban J connectivity index is 1.61. The minimum Gasteiger partial charge on any atom is -0.436 e. The molecule has 4 rings (SSSR count). The van der Waals surface area contributed by atoms with Crippen molar-refractivity contribution in [1.82, 2.24) is 9.88 Å². The minimum absolute atomic E-state index is 0.677. The predicted octanol–water partition coefficient (Wildman–Crippen LogP) is 5.24. The lowest BCUT2D eigenvalue weighted by Crippen LogP contribution is -2.29. The van der Waals surface area contributed by atoms with E-state index in [4.69, 9.17) is 4.42 Å². The zero-order valence-corrected chi connectivity index (χ0v) is 14.6. The fourth-order valence-electron chi connectivity index (χ4n) is 3.19. The van der Waals surface area contributed by atoms with Crippen LogP contribution < -0.4 is 0 Å². The quantitative estimate of drug-likeness (QED) is 0.630. The molecular weight excluding hydrogens is 352 g/mol. The molecule has 3 nitrogen and oxygen atoms in total. The number of aromatic nitrogens is 1. The third-order valence-electron chi connectivity index (χ3n) is 4.38. The molecule has 3 aromatic rings. The molecule has 1 aliphatic rings. The molecule has 2 heterocycles. The van der Waals surface area contributed by atoms with Crippen LogP contribution in [-0.2, 0) is 6.54 Å². The van der Waals surface area contributed by atoms with Crippen LogP contribution in [0.3, 0.4) is 0 Å². The monoisotopic (exact) mass is 370 g/mol. The maximum Gasteiger partial charge on any atom is 0.227 e. The SMILES string of the molecule is Brc1cccc(-c2nc3cc(CN4CCCCC4)ccc3o2)c1. The Morgan fingerprint density at radius 1 is 1.04 bits per heavy atom. The third-order valence-corrected chi connectivity index (χ3v) is 4.87. The molecule has 118 valence electrons. The molecule has 1 saturated heterocycles. The van der Waals surface area contributed by atoms with Crippen molar-refractivity contribution in [2.24, 2.45) is 0 Å². The number of fused-ring (bicyclic) bond motifs is 1. The van der Waals surface area contributed by atoms with Crippen molar-refractivity contribution < 1.29 is 4.42 Å². The lowest BCUT2D eigenvalue weighted by Gasteiger charge is -2.26. The highest BCUT2D eigenvalue weighted by molar-refractivity contribution is 9.10. The molecule has 0 atom stereocenters. The topological polar surface area (TPSA) is 29.3 Å². The predicted molar refractivity (Wildman–Crippen MR) is 96.3 cm³/mol. The summed E-state index contributed by atoms with van der Waals surface area (Å²) in [6, 6.07) is 14.4. The highest BCUT2D eigenvalue weighted by Crippen LogP contribution is 2.27. The summed E-state index contributed by atoms with van der Waals surface area (Å²) in [5, 5.41) is 0. The van der Waals surface area contributed by atoms with Crippen molar-refractivity contribution in [2.75, 3.05) is 13.1 Å². The molecule has 0 N–H and O–H groups in total. The van der Waals surface area contributed by atoms with Crippen LogP contribution in [0.5, 0.6) is 0 Å². The Kier molecular flexibility index (Phi) is 4.19. The van der Waals surface area contributed by atoms with Gasteiger partial charge in [-0.25, -0.2) is 4.98 Å². The molecule has 1 fully saturated rings. The highest BCUT2D eigenvalue weighted by atomic mass is 79.9. The molecule has 0 saturated carbocycles. The van der Waals surface area contributed by atoms with E-state index in [2.05, 4.69) is 37.9 Å². The second-order valence-electron chi connectivity index (χ2n) is 6.17. The van der Waals surface area contributed by atoms with E-state index in [1.807, 2.05) is 30.3 Å². The van der Waals surface area contributed by atoms with Crippen LogP contribution in [0.2, 0.25) is 0 Å². The molecule has 0 amide bonds. The molecule has 0 radical (unpaired) electrons. The molecular formula is C19H19BrN2O. The number of rotatable bonds is 3. The van der Waals surface area contributed by atoms with E-state index in [0.29, 0.717) is 5.89 Å². The maximum atomic E-state index is 5.91. The Morgan fingerprint density at radius 3 is 2.74 bits per heavy atom. The first-order valence-electron chi connectivity index (χ1n) is 8.16. The smallest absolute Gasteiger partial charge is 0.227 e. The lowest BCUT2D eigenvalue weighted by molar-refractivity contribution is 0.221. The average Bonchev–Trinajstić information content (AvgIpc) is 2.99. The molecule has 1 aliphatic heterocycles. The van der Waals surface area contributed by atoms with Gasteiger partial charge in [0.2, 0.25) is 5.89 Å². The Hall–Kier alpha value is -1.65.